The van der Waals surface area contributed by atoms with Crippen molar-refractivity contribution in [2.75, 3.05) is 11.4 Å². The number of fused-ring (bicyclic) bond motifs is 1. The summed E-state index contributed by atoms with van der Waals surface area (Å²) in [6.45, 7) is 0.581. The fourth-order valence-corrected chi connectivity index (χ4v) is 3.83. The minimum absolute atomic E-state index is 0.0531. The van der Waals surface area contributed by atoms with Crippen LogP contribution in [0.2, 0.25) is 5.02 Å². The van der Waals surface area contributed by atoms with Gasteiger partial charge in [0.2, 0.25) is 5.91 Å². The summed E-state index contributed by atoms with van der Waals surface area (Å²) in [5, 5.41) is 4.26. The molecule has 0 spiro atoms. The second kappa shape index (κ2) is 6.70. The van der Waals surface area contributed by atoms with Gasteiger partial charge in [0.05, 0.1) is 11.2 Å². The Morgan fingerprint density at radius 1 is 1.29 bits per heavy atom. The summed E-state index contributed by atoms with van der Waals surface area (Å²) in [6.07, 6.45) is 7.96. The van der Waals surface area contributed by atoms with E-state index in [9.17, 15) is 9.18 Å². The first-order chi connectivity index (χ1) is 13.6. The first-order valence-corrected chi connectivity index (χ1v) is 9.70. The second-order valence-electron chi connectivity index (χ2n) is 7.25. The Morgan fingerprint density at radius 2 is 2.14 bits per heavy atom. The molecule has 2 N–H and O–H groups in total. The van der Waals surface area contributed by atoms with E-state index in [0.29, 0.717) is 35.0 Å². The van der Waals surface area contributed by atoms with Gasteiger partial charge in [-0.05, 0) is 31.7 Å². The summed E-state index contributed by atoms with van der Waals surface area (Å²) in [6, 6.07) is 1.63. The zero-order valence-electron chi connectivity index (χ0n) is 15.0. The summed E-state index contributed by atoms with van der Waals surface area (Å²) in [7, 11) is 0. The zero-order valence-corrected chi connectivity index (χ0v) is 15.7. The van der Waals surface area contributed by atoms with E-state index in [2.05, 4.69) is 25.3 Å². The Balaban J connectivity index is 1.51. The molecule has 1 aliphatic carbocycles. The van der Waals surface area contributed by atoms with Crippen LogP contribution in [-0.4, -0.2) is 44.5 Å². The average Bonchev–Trinajstić information content (AvgIpc) is 3.20. The van der Waals surface area contributed by atoms with E-state index in [0.717, 1.165) is 30.8 Å². The lowest BCUT2D eigenvalue weighted by Gasteiger charge is -2.25. The molecular formula is C19H18ClFN6O. The Kier molecular flexibility index (Phi) is 4.16. The molecule has 0 radical (unpaired) electrons. The van der Waals surface area contributed by atoms with E-state index in [4.69, 9.17) is 11.6 Å². The molecule has 9 heteroatoms. The van der Waals surface area contributed by atoms with Gasteiger partial charge < -0.3 is 15.2 Å². The number of anilines is 1. The topological polar surface area (TPSA) is 86.8 Å². The molecule has 2 aliphatic rings. The van der Waals surface area contributed by atoms with E-state index in [1.807, 2.05) is 0 Å². The smallest absolute Gasteiger partial charge is 0.242 e. The van der Waals surface area contributed by atoms with Crippen molar-refractivity contribution < 1.29 is 9.18 Å². The summed E-state index contributed by atoms with van der Waals surface area (Å²) in [5.74, 6) is -0.0729. The zero-order chi connectivity index (χ0) is 19.3. The predicted octanol–water partition coefficient (Wildman–Crippen LogP) is 3.06. The number of nitrogens with one attached hydrogen (secondary N) is 2. The van der Waals surface area contributed by atoms with Crippen LogP contribution in [-0.2, 0) is 4.79 Å². The molecule has 3 aromatic heterocycles. The van der Waals surface area contributed by atoms with Gasteiger partial charge in [0, 0.05) is 35.9 Å². The molecule has 1 amide bonds. The summed E-state index contributed by atoms with van der Waals surface area (Å²) in [5.41, 5.74) is 1.33. The number of rotatable bonds is 4. The van der Waals surface area contributed by atoms with Crippen LogP contribution in [0, 0.1) is 5.82 Å². The van der Waals surface area contributed by atoms with E-state index in [1.54, 1.807) is 23.4 Å². The van der Waals surface area contributed by atoms with Crippen molar-refractivity contribution >= 4 is 34.4 Å². The fourth-order valence-electron chi connectivity index (χ4n) is 3.67. The van der Waals surface area contributed by atoms with Gasteiger partial charge in [0.15, 0.2) is 17.5 Å². The highest BCUT2D eigenvalue weighted by Crippen LogP contribution is 2.31. The van der Waals surface area contributed by atoms with Gasteiger partial charge in [-0.2, -0.15) is 0 Å². The van der Waals surface area contributed by atoms with Crippen LogP contribution in [0.5, 0.6) is 0 Å². The number of aromatic nitrogens is 4. The van der Waals surface area contributed by atoms with Crippen LogP contribution >= 0.6 is 11.6 Å². The monoisotopic (exact) mass is 400 g/mol. The average molecular weight is 401 g/mol. The van der Waals surface area contributed by atoms with E-state index in [-0.39, 0.29) is 17.8 Å². The van der Waals surface area contributed by atoms with Gasteiger partial charge >= 0.3 is 0 Å². The van der Waals surface area contributed by atoms with Crippen LogP contribution < -0.4 is 10.2 Å². The minimum Gasteiger partial charge on any atom is -0.352 e. The van der Waals surface area contributed by atoms with Crippen LogP contribution in [0.1, 0.15) is 25.7 Å². The highest BCUT2D eigenvalue weighted by atomic mass is 35.5. The molecule has 1 atom stereocenters. The lowest BCUT2D eigenvalue weighted by atomic mass is 10.2. The Labute approximate surface area is 165 Å². The van der Waals surface area contributed by atoms with Crippen LogP contribution in [0.4, 0.5) is 10.2 Å². The Morgan fingerprint density at radius 3 is 2.96 bits per heavy atom. The van der Waals surface area contributed by atoms with E-state index in [1.165, 1.54) is 0 Å². The lowest BCUT2D eigenvalue weighted by molar-refractivity contribution is -0.122. The molecular weight excluding hydrogens is 383 g/mol. The third-order valence-corrected chi connectivity index (χ3v) is 5.42. The van der Waals surface area contributed by atoms with Crippen LogP contribution in [0.25, 0.3) is 22.4 Å². The normalized spacial score (nSPS) is 19.4. The SMILES string of the molecule is O=C(NC1CC1)[C@H]1CCCN1c1nc(-c2c[nH]c3ncc(Cl)cc23)ncc1F. The highest BCUT2D eigenvalue weighted by molar-refractivity contribution is 6.31. The second-order valence-corrected chi connectivity index (χ2v) is 7.69. The van der Waals surface area contributed by atoms with Gasteiger partial charge in [-0.25, -0.2) is 19.3 Å². The third-order valence-electron chi connectivity index (χ3n) is 5.22. The molecule has 1 saturated carbocycles. The predicted molar refractivity (Wildman–Crippen MR) is 104 cm³/mol. The van der Waals surface area contributed by atoms with Gasteiger partial charge in [-0.15, -0.1) is 0 Å². The molecule has 144 valence electrons. The Bertz CT molecular complexity index is 1070. The van der Waals surface area contributed by atoms with Crippen LogP contribution in [0.3, 0.4) is 0 Å². The molecule has 5 rings (SSSR count). The number of carbonyl (C=O) groups excluding carboxylic acids is 1. The lowest BCUT2D eigenvalue weighted by Crippen LogP contribution is -2.44. The van der Waals surface area contributed by atoms with Gasteiger partial charge in [0.25, 0.3) is 0 Å². The molecule has 0 unspecified atom stereocenters. The quantitative estimate of drug-likeness (QED) is 0.702. The molecule has 0 aromatic carbocycles. The maximum absolute atomic E-state index is 14.6. The van der Waals surface area contributed by atoms with Gasteiger partial charge in [-0.3, -0.25) is 4.79 Å². The standard InChI is InChI=1S/C19H18ClFN6O/c20-10-6-12-13(8-23-16(12)22-7-10)17-24-9-14(21)18(26-17)27-5-1-2-15(27)19(28)25-11-3-4-11/h6-9,11,15H,1-5H2,(H,22,23)(H,25,28)/t15-/m1/s1. The van der Waals surface area contributed by atoms with Gasteiger partial charge in [0.1, 0.15) is 11.7 Å². The maximum Gasteiger partial charge on any atom is 0.242 e. The first-order valence-electron chi connectivity index (χ1n) is 9.33. The molecule has 0 bridgehead atoms. The largest absolute Gasteiger partial charge is 0.352 e. The van der Waals surface area contributed by atoms with E-state index < -0.39 is 11.9 Å². The van der Waals surface area contributed by atoms with Crippen molar-refractivity contribution in [3.8, 4) is 11.4 Å². The highest BCUT2D eigenvalue weighted by Gasteiger charge is 2.36. The summed E-state index contributed by atoms with van der Waals surface area (Å²) < 4.78 is 14.6. The third kappa shape index (κ3) is 3.07. The number of carbonyl (C=O) groups is 1. The first kappa shape index (κ1) is 17.4. The van der Waals surface area contributed by atoms with Crippen molar-refractivity contribution in [1.29, 1.82) is 0 Å². The summed E-state index contributed by atoms with van der Waals surface area (Å²) >= 11 is 6.07. The van der Waals surface area contributed by atoms with Gasteiger partial charge in [-0.1, -0.05) is 11.6 Å². The molecule has 7 nitrogen and oxygen atoms in total. The number of halogens is 2. The number of H-pyrrole nitrogens is 1. The summed E-state index contributed by atoms with van der Waals surface area (Å²) in [4.78, 5) is 30.2. The van der Waals surface area contributed by atoms with Crippen LogP contribution in [0.15, 0.2) is 24.7 Å². The number of hydrogen-bond acceptors (Lipinski definition) is 5. The van der Waals surface area contributed by atoms with Crippen molar-refractivity contribution in [1.82, 2.24) is 25.3 Å². The minimum atomic E-state index is -0.536. The maximum atomic E-state index is 14.6. The number of hydrogen-bond donors (Lipinski definition) is 2. The van der Waals surface area contributed by atoms with Crippen molar-refractivity contribution in [2.45, 2.75) is 37.8 Å². The molecule has 1 aliphatic heterocycles. The van der Waals surface area contributed by atoms with Crippen molar-refractivity contribution in [2.24, 2.45) is 0 Å². The molecule has 28 heavy (non-hydrogen) atoms. The molecule has 2 fully saturated rings. The Hall–Kier alpha value is -2.74. The number of pyridine rings is 1. The fraction of sp³-hybridized carbons (Fsp3) is 0.368. The van der Waals surface area contributed by atoms with Crippen molar-refractivity contribution in [3.05, 3.63) is 35.5 Å². The van der Waals surface area contributed by atoms with E-state index >= 15 is 0 Å². The number of aromatic amines is 1. The molecule has 4 heterocycles. The molecule has 1 saturated heterocycles. The van der Waals surface area contributed by atoms with Crippen molar-refractivity contribution in [3.63, 3.8) is 0 Å². The molecule has 3 aromatic rings. The number of amides is 1. The number of nitrogens with zero attached hydrogens (tertiary/aromatic N) is 4.